The summed E-state index contributed by atoms with van der Waals surface area (Å²) in [5.74, 6) is 1.57. The molecule has 0 bridgehead atoms. The van der Waals surface area contributed by atoms with Crippen molar-refractivity contribution in [3.63, 3.8) is 0 Å². The molecule has 1 amide bonds. The van der Waals surface area contributed by atoms with Crippen LogP contribution >= 0.6 is 0 Å². The molecular weight excluding hydrogens is 294 g/mol. The molecule has 3 rings (SSSR count). The highest BCUT2D eigenvalue weighted by Gasteiger charge is 2.24. The van der Waals surface area contributed by atoms with Crippen LogP contribution in [-0.4, -0.2) is 33.5 Å². The second-order valence-corrected chi connectivity index (χ2v) is 5.33. The summed E-state index contributed by atoms with van der Waals surface area (Å²) in [6.45, 7) is 2.98. The molecule has 23 heavy (non-hydrogen) atoms. The van der Waals surface area contributed by atoms with Gasteiger partial charge in [-0.15, -0.1) is 0 Å². The molecule has 1 heterocycles. The Morgan fingerprint density at radius 2 is 1.83 bits per heavy atom. The summed E-state index contributed by atoms with van der Waals surface area (Å²) in [7, 11) is 3.29. The Hall–Kier alpha value is -2.69. The Labute approximate surface area is 135 Å². The molecule has 1 fully saturated rings. The molecule has 0 aromatic heterocycles. The summed E-state index contributed by atoms with van der Waals surface area (Å²) in [6.07, 6.45) is -0.319. The van der Waals surface area contributed by atoms with E-state index >= 15 is 0 Å². The Balaban J connectivity index is 2.00. The Morgan fingerprint density at radius 1 is 1.04 bits per heavy atom. The predicted molar refractivity (Wildman–Crippen MR) is 88.4 cm³/mol. The fraction of sp³-hybridized carbons (Fsp3) is 0.278. The first-order valence-electron chi connectivity index (χ1n) is 7.41. The van der Waals surface area contributed by atoms with E-state index < -0.39 is 0 Å². The first-order valence-corrected chi connectivity index (χ1v) is 7.41. The fourth-order valence-corrected chi connectivity index (χ4v) is 2.76. The average Bonchev–Trinajstić information content (AvgIpc) is 3.00. The van der Waals surface area contributed by atoms with Gasteiger partial charge in [0.05, 0.1) is 26.5 Å². The minimum absolute atomic E-state index is 0.319. The van der Waals surface area contributed by atoms with Crippen LogP contribution in [0, 0.1) is 6.92 Å². The molecule has 2 aromatic carbocycles. The summed E-state index contributed by atoms with van der Waals surface area (Å²) in [5.41, 5.74) is 3.84. The summed E-state index contributed by atoms with van der Waals surface area (Å²) >= 11 is 0. The summed E-state index contributed by atoms with van der Waals surface area (Å²) in [4.78, 5) is 13.3. The monoisotopic (exact) mass is 313 g/mol. The Morgan fingerprint density at radius 3 is 2.43 bits per heavy atom. The van der Waals surface area contributed by atoms with E-state index in [1.54, 1.807) is 19.1 Å². The van der Waals surface area contributed by atoms with Crippen molar-refractivity contribution in [2.75, 3.05) is 32.3 Å². The lowest BCUT2D eigenvalue weighted by atomic mass is 10.0. The summed E-state index contributed by atoms with van der Waals surface area (Å²) in [6, 6.07) is 11.7. The standard InChI is InChI=1S/C18H19NO4/c1-12-10-13(4-7-16(12)21-2)15-6-5-14(11-17(15)22-3)19-8-9-23-18(19)20/h4-7,10-11H,8-9H2,1-3H3. The number of amides is 1. The Bertz CT molecular complexity index is 742. The number of ether oxygens (including phenoxy) is 3. The van der Waals surface area contributed by atoms with E-state index in [2.05, 4.69) is 6.07 Å². The van der Waals surface area contributed by atoms with Gasteiger partial charge in [-0.3, -0.25) is 4.90 Å². The molecule has 0 saturated carbocycles. The maximum absolute atomic E-state index is 11.7. The lowest BCUT2D eigenvalue weighted by Gasteiger charge is -2.16. The van der Waals surface area contributed by atoms with E-state index in [1.165, 1.54) is 0 Å². The van der Waals surface area contributed by atoms with Gasteiger partial charge in [-0.1, -0.05) is 6.07 Å². The quantitative estimate of drug-likeness (QED) is 0.864. The van der Waals surface area contributed by atoms with Crippen molar-refractivity contribution in [3.8, 4) is 22.6 Å². The van der Waals surface area contributed by atoms with E-state index in [0.717, 1.165) is 28.1 Å². The van der Waals surface area contributed by atoms with Crippen LogP contribution in [-0.2, 0) is 4.74 Å². The highest BCUT2D eigenvalue weighted by molar-refractivity contribution is 5.90. The van der Waals surface area contributed by atoms with Crippen LogP contribution in [0.15, 0.2) is 36.4 Å². The number of hydrogen-bond donors (Lipinski definition) is 0. The molecule has 0 aliphatic carbocycles. The smallest absolute Gasteiger partial charge is 0.414 e. The highest BCUT2D eigenvalue weighted by Crippen LogP contribution is 2.36. The van der Waals surface area contributed by atoms with Gasteiger partial charge in [0.15, 0.2) is 0 Å². The van der Waals surface area contributed by atoms with Gasteiger partial charge in [-0.25, -0.2) is 4.79 Å². The molecule has 0 radical (unpaired) electrons. The van der Waals surface area contributed by atoms with Crippen LogP contribution in [0.5, 0.6) is 11.5 Å². The molecule has 5 nitrogen and oxygen atoms in total. The number of carbonyl (C=O) groups is 1. The van der Waals surface area contributed by atoms with E-state index in [9.17, 15) is 4.79 Å². The van der Waals surface area contributed by atoms with Crippen LogP contribution in [0.4, 0.5) is 10.5 Å². The first-order chi connectivity index (χ1) is 11.1. The molecule has 1 aliphatic heterocycles. The first kappa shape index (κ1) is 15.2. The molecule has 0 spiro atoms. The normalized spacial score (nSPS) is 13.9. The number of nitrogens with zero attached hydrogens (tertiary/aromatic N) is 1. The molecule has 0 N–H and O–H groups in total. The van der Waals surface area contributed by atoms with E-state index in [4.69, 9.17) is 14.2 Å². The molecule has 1 aliphatic rings. The lowest BCUT2D eigenvalue weighted by molar-refractivity contribution is 0.181. The van der Waals surface area contributed by atoms with Crippen LogP contribution in [0.25, 0.3) is 11.1 Å². The van der Waals surface area contributed by atoms with E-state index in [-0.39, 0.29) is 6.09 Å². The zero-order valence-electron chi connectivity index (χ0n) is 13.5. The van der Waals surface area contributed by atoms with Crippen LogP contribution in [0.3, 0.4) is 0 Å². The van der Waals surface area contributed by atoms with Crippen molar-refractivity contribution in [3.05, 3.63) is 42.0 Å². The topological polar surface area (TPSA) is 48.0 Å². The number of rotatable bonds is 4. The summed E-state index contributed by atoms with van der Waals surface area (Å²) in [5, 5.41) is 0. The van der Waals surface area contributed by atoms with Gasteiger partial charge in [0.1, 0.15) is 18.1 Å². The van der Waals surface area contributed by atoms with E-state index in [0.29, 0.717) is 18.9 Å². The van der Waals surface area contributed by atoms with Crippen molar-refractivity contribution in [2.24, 2.45) is 0 Å². The second-order valence-electron chi connectivity index (χ2n) is 5.33. The van der Waals surface area contributed by atoms with Crippen molar-refractivity contribution in [1.82, 2.24) is 0 Å². The van der Waals surface area contributed by atoms with Gasteiger partial charge in [0.2, 0.25) is 0 Å². The molecule has 2 aromatic rings. The second kappa shape index (κ2) is 6.20. The third-order valence-electron chi connectivity index (χ3n) is 3.96. The molecule has 120 valence electrons. The molecule has 0 atom stereocenters. The SMILES string of the molecule is COc1ccc(-c2ccc(N3CCOC3=O)cc2OC)cc1C. The van der Waals surface area contributed by atoms with Crippen LogP contribution < -0.4 is 14.4 Å². The number of hydrogen-bond acceptors (Lipinski definition) is 4. The average molecular weight is 313 g/mol. The number of benzene rings is 2. The van der Waals surface area contributed by atoms with Gasteiger partial charge >= 0.3 is 6.09 Å². The number of anilines is 1. The number of aryl methyl sites for hydroxylation is 1. The molecule has 1 saturated heterocycles. The molecular formula is C18H19NO4. The van der Waals surface area contributed by atoms with Crippen molar-refractivity contribution in [2.45, 2.75) is 6.92 Å². The van der Waals surface area contributed by atoms with Gasteiger partial charge in [-0.2, -0.15) is 0 Å². The number of carbonyl (C=O) groups excluding carboxylic acids is 1. The zero-order chi connectivity index (χ0) is 16.4. The fourth-order valence-electron chi connectivity index (χ4n) is 2.76. The lowest BCUT2D eigenvalue weighted by Crippen LogP contribution is -2.23. The minimum Gasteiger partial charge on any atom is -0.496 e. The van der Waals surface area contributed by atoms with Gasteiger partial charge in [-0.05, 0) is 42.3 Å². The van der Waals surface area contributed by atoms with Gasteiger partial charge in [0, 0.05) is 11.6 Å². The molecule has 0 unspecified atom stereocenters. The predicted octanol–water partition coefficient (Wildman–Crippen LogP) is 3.64. The third-order valence-corrected chi connectivity index (χ3v) is 3.96. The van der Waals surface area contributed by atoms with Crippen molar-refractivity contribution >= 4 is 11.8 Å². The van der Waals surface area contributed by atoms with Crippen LogP contribution in [0.2, 0.25) is 0 Å². The third kappa shape index (κ3) is 2.82. The highest BCUT2D eigenvalue weighted by atomic mass is 16.6. The maximum Gasteiger partial charge on any atom is 0.414 e. The number of cyclic esters (lactones) is 1. The van der Waals surface area contributed by atoms with E-state index in [1.807, 2.05) is 37.3 Å². The maximum atomic E-state index is 11.7. The molecule has 5 heteroatoms. The number of methoxy groups -OCH3 is 2. The van der Waals surface area contributed by atoms with Crippen molar-refractivity contribution in [1.29, 1.82) is 0 Å². The van der Waals surface area contributed by atoms with Gasteiger partial charge < -0.3 is 14.2 Å². The largest absolute Gasteiger partial charge is 0.496 e. The van der Waals surface area contributed by atoms with Crippen molar-refractivity contribution < 1.29 is 19.0 Å². The van der Waals surface area contributed by atoms with Crippen LogP contribution in [0.1, 0.15) is 5.56 Å². The minimum atomic E-state index is -0.319. The summed E-state index contributed by atoms with van der Waals surface area (Å²) < 4.78 is 15.8. The zero-order valence-corrected chi connectivity index (χ0v) is 13.5. The Kier molecular flexibility index (Phi) is 4.10. The van der Waals surface area contributed by atoms with Gasteiger partial charge in [0.25, 0.3) is 0 Å².